The SMILES string of the molecule is CCCNc1cccc(OC(C)CCC)n1. The Labute approximate surface area is 98.2 Å². The predicted molar refractivity (Wildman–Crippen MR) is 68.0 cm³/mol. The molecular formula is C13H22N2O. The summed E-state index contributed by atoms with van der Waals surface area (Å²) < 4.78 is 5.72. The van der Waals surface area contributed by atoms with Crippen LogP contribution in [0.25, 0.3) is 0 Å². The lowest BCUT2D eigenvalue weighted by molar-refractivity contribution is 0.202. The summed E-state index contributed by atoms with van der Waals surface area (Å²) in [5.41, 5.74) is 0. The number of nitrogens with one attached hydrogen (secondary N) is 1. The Hall–Kier alpha value is -1.25. The monoisotopic (exact) mass is 222 g/mol. The van der Waals surface area contributed by atoms with Crippen molar-refractivity contribution in [3.05, 3.63) is 18.2 Å². The van der Waals surface area contributed by atoms with E-state index in [4.69, 9.17) is 4.74 Å². The maximum absolute atomic E-state index is 5.72. The van der Waals surface area contributed by atoms with E-state index in [1.54, 1.807) is 0 Å². The summed E-state index contributed by atoms with van der Waals surface area (Å²) in [4.78, 5) is 4.40. The summed E-state index contributed by atoms with van der Waals surface area (Å²) in [6.07, 6.45) is 3.53. The van der Waals surface area contributed by atoms with Gasteiger partial charge in [-0.25, -0.2) is 0 Å². The number of hydrogen-bond donors (Lipinski definition) is 1. The first-order valence-electron chi connectivity index (χ1n) is 6.13. The second-order valence-electron chi connectivity index (χ2n) is 4.00. The van der Waals surface area contributed by atoms with Crippen molar-refractivity contribution >= 4 is 5.82 Å². The molecule has 0 aliphatic carbocycles. The number of rotatable bonds is 7. The zero-order valence-corrected chi connectivity index (χ0v) is 10.5. The van der Waals surface area contributed by atoms with Gasteiger partial charge >= 0.3 is 0 Å². The van der Waals surface area contributed by atoms with E-state index in [1.165, 1.54) is 0 Å². The number of pyridine rings is 1. The van der Waals surface area contributed by atoms with Crippen molar-refractivity contribution in [3.63, 3.8) is 0 Å². The summed E-state index contributed by atoms with van der Waals surface area (Å²) in [6, 6.07) is 5.84. The minimum atomic E-state index is 0.235. The molecule has 0 radical (unpaired) electrons. The van der Waals surface area contributed by atoms with Gasteiger partial charge in [-0.1, -0.05) is 26.3 Å². The Kier molecular flexibility index (Phi) is 5.68. The van der Waals surface area contributed by atoms with E-state index in [-0.39, 0.29) is 6.10 Å². The van der Waals surface area contributed by atoms with Gasteiger partial charge in [-0.05, 0) is 25.8 Å². The van der Waals surface area contributed by atoms with E-state index in [0.717, 1.165) is 31.6 Å². The standard InChI is InChI=1S/C13H22N2O/c1-4-7-11(3)16-13-9-6-8-12(15-13)14-10-5-2/h6,8-9,11H,4-5,7,10H2,1-3H3,(H,14,15). The summed E-state index contributed by atoms with van der Waals surface area (Å²) in [5.74, 6) is 1.60. The first kappa shape index (κ1) is 12.8. The Bertz CT molecular complexity index is 302. The van der Waals surface area contributed by atoms with Crippen LogP contribution < -0.4 is 10.1 Å². The highest BCUT2D eigenvalue weighted by Gasteiger charge is 2.04. The normalized spacial score (nSPS) is 12.2. The molecule has 0 amide bonds. The first-order valence-corrected chi connectivity index (χ1v) is 6.13. The van der Waals surface area contributed by atoms with Crippen LogP contribution in [0.5, 0.6) is 5.88 Å². The number of nitrogens with zero attached hydrogens (tertiary/aromatic N) is 1. The number of hydrogen-bond acceptors (Lipinski definition) is 3. The highest BCUT2D eigenvalue weighted by Crippen LogP contribution is 2.14. The first-order chi connectivity index (χ1) is 7.76. The maximum atomic E-state index is 5.72. The van der Waals surface area contributed by atoms with Crippen molar-refractivity contribution < 1.29 is 4.74 Å². The molecule has 3 nitrogen and oxygen atoms in total. The van der Waals surface area contributed by atoms with E-state index < -0.39 is 0 Å². The highest BCUT2D eigenvalue weighted by molar-refractivity contribution is 5.36. The lowest BCUT2D eigenvalue weighted by atomic mass is 10.2. The lowest BCUT2D eigenvalue weighted by Crippen LogP contribution is -2.12. The summed E-state index contributed by atoms with van der Waals surface area (Å²) >= 11 is 0. The Balaban J connectivity index is 2.52. The minimum Gasteiger partial charge on any atom is -0.475 e. The molecule has 0 aliphatic heterocycles. The van der Waals surface area contributed by atoms with Crippen molar-refractivity contribution in [3.8, 4) is 5.88 Å². The fourth-order valence-corrected chi connectivity index (χ4v) is 1.50. The zero-order chi connectivity index (χ0) is 11.8. The Morgan fingerprint density at radius 2 is 2.12 bits per heavy atom. The van der Waals surface area contributed by atoms with Gasteiger partial charge in [-0.15, -0.1) is 0 Å². The predicted octanol–water partition coefficient (Wildman–Crippen LogP) is 3.47. The molecule has 1 aromatic rings. The fourth-order valence-electron chi connectivity index (χ4n) is 1.50. The van der Waals surface area contributed by atoms with Gasteiger partial charge in [0.15, 0.2) is 0 Å². The molecule has 1 aromatic heterocycles. The molecule has 1 heterocycles. The van der Waals surface area contributed by atoms with Crippen molar-refractivity contribution in [2.24, 2.45) is 0 Å². The van der Waals surface area contributed by atoms with E-state index >= 15 is 0 Å². The molecule has 0 saturated heterocycles. The van der Waals surface area contributed by atoms with E-state index in [1.807, 2.05) is 18.2 Å². The smallest absolute Gasteiger partial charge is 0.215 e. The van der Waals surface area contributed by atoms with E-state index in [9.17, 15) is 0 Å². The van der Waals surface area contributed by atoms with Gasteiger partial charge < -0.3 is 10.1 Å². The maximum Gasteiger partial charge on any atom is 0.215 e. The topological polar surface area (TPSA) is 34.1 Å². The second kappa shape index (κ2) is 7.09. The van der Waals surface area contributed by atoms with Gasteiger partial charge in [0.2, 0.25) is 5.88 Å². The number of aromatic nitrogens is 1. The Morgan fingerprint density at radius 3 is 2.81 bits per heavy atom. The van der Waals surface area contributed by atoms with E-state index in [0.29, 0.717) is 5.88 Å². The summed E-state index contributed by atoms with van der Waals surface area (Å²) in [6.45, 7) is 7.32. The average Bonchev–Trinajstić information content (AvgIpc) is 2.27. The average molecular weight is 222 g/mol. The van der Waals surface area contributed by atoms with Crippen LogP contribution in [0.2, 0.25) is 0 Å². The zero-order valence-electron chi connectivity index (χ0n) is 10.5. The third-order valence-electron chi connectivity index (χ3n) is 2.30. The molecule has 0 spiro atoms. The molecule has 0 saturated carbocycles. The van der Waals surface area contributed by atoms with Crippen LogP contribution in [0, 0.1) is 0 Å². The number of anilines is 1. The lowest BCUT2D eigenvalue weighted by Gasteiger charge is -2.13. The molecule has 90 valence electrons. The van der Waals surface area contributed by atoms with Gasteiger partial charge in [-0.3, -0.25) is 0 Å². The fraction of sp³-hybridized carbons (Fsp3) is 0.615. The van der Waals surface area contributed by atoms with Crippen LogP contribution >= 0.6 is 0 Å². The van der Waals surface area contributed by atoms with Crippen LogP contribution in [0.3, 0.4) is 0 Å². The van der Waals surface area contributed by atoms with Gasteiger partial charge in [0.25, 0.3) is 0 Å². The van der Waals surface area contributed by atoms with Crippen LogP contribution in [0.15, 0.2) is 18.2 Å². The van der Waals surface area contributed by atoms with Gasteiger partial charge in [0.1, 0.15) is 5.82 Å². The largest absolute Gasteiger partial charge is 0.475 e. The molecule has 0 aromatic carbocycles. The van der Waals surface area contributed by atoms with Crippen molar-refractivity contribution in [2.45, 2.75) is 46.1 Å². The van der Waals surface area contributed by atoms with Gasteiger partial charge in [0.05, 0.1) is 6.10 Å². The summed E-state index contributed by atoms with van der Waals surface area (Å²) in [5, 5.41) is 3.25. The van der Waals surface area contributed by atoms with E-state index in [2.05, 4.69) is 31.1 Å². The second-order valence-corrected chi connectivity index (χ2v) is 4.00. The van der Waals surface area contributed by atoms with Crippen LogP contribution in [0.1, 0.15) is 40.0 Å². The molecule has 1 atom stereocenters. The quantitative estimate of drug-likeness (QED) is 0.767. The molecule has 1 unspecified atom stereocenters. The molecule has 0 fully saturated rings. The third-order valence-corrected chi connectivity index (χ3v) is 2.30. The van der Waals surface area contributed by atoms with Crippen molar-refractivity contribution in [1.82, 2.24) is 4.98 Å². The molecule has 16 heavy (non-hydrogen) atoms. The number of ether oxygens (including phenoxy) is 1. The molecule has 1 N–H and O–H groups in total. The molecule has 1 rings (SSSR count). The van der Waals surface area contributed by atoms with Crippen LogP contribution in [0.4, 0.5) is 5.82 Å². The van der Waals surface area contributed by atoms with Crippen LogP contribution in [-0.2, 0) is 0 Å². The highest BCUT2D eigenvalue weighted by atomic mass is 16.5. The Morgan fingerprint density at radius 1 is 1.31 bits per heavy atom. The molecule has 0 aliphatic rings. The third kappa shape index (κ3) is 4.51. The molecular weight excluding hydrogens is 200 g/mol. The van der Waals surface area contributed by atoms with Crippen molar-refractivity contribution in [2.75, 3.05) is 11.9 Å². The minimum absolute atomic E-state index is 0.235. The van der Waals surface area contributed by atoms with Crippen LogP contribution in [-0.4, -0.2) is 17.6 Å². The van der Waals surface area contributed by atoms with Gasteiger partial charge in [-0.2, -0.15) is 4.98 Å². The molecule has 3 heteroatoms. The van der Waals surface area contributed by atoms with Crippen molar-refractivity contribution in [1.29, 1.82) is 0 Å². The van der Waals surface area contributed by atoms with Gasteiger partial charge in [0, 0.05) is 12.6 Å². The summed E-state index contributed by atoms with van der Waals surface area (Å²) in [7, 11) is 0. The molecule has 0 bridgehead atoms.